The quantitative estimate of drug-likeness (QED) is 0.537. The number of carbonyl (C=O) groups is 1. The molecular formula is C12H22N2O2. The van der Waals surface area contributed by atoms with Crippen LogP contribution in [0.25, 0.3) is 0 Å². The molecule has 0 aliphatic heterocycles. The van der Waals surface area contributed by atoms with Crippen molar-refractivity contribution in [3.63, 3.8) is 0 Å². The highest BCUT2D eigenvalue weighted by Crippen LogP contribution is 2.06. The van der Waals surface area contributed by atoms with E-state index in [1.165, 1.54) is 0 Å². The first kappa shape index (κ1) is 14.7. The lowest BCUT2D eigenvalue weighted by Gasteiger charge is -2.22. The standard InChI is InChI=1S/C12H22N2O2/c1-6-8-13-9-10(7-2)14-11(15)16-12(3,4)5/h6-7,10,13H,1-2,8-9H2,3-5H3,(H,14,15)/t10-/m0/s1. The number of rotatable bonds is 6. The minimum atomic E-state index is -0.482. The highest BCUT2D eigenvalue weighted by atomic mass is 16.6. The lowest BCUT2D eigenvalue weighted by atomic mass is 10.2. The molecule has 0 aliphatic rings. The third-order valence-electron chi connectivity index (χ3n) is 1.64. The topological polar surface area (TPSA) is 50.4 Å². The fourth-order valence-electron chi connectivity index (χ4n) is 0.993. The molecule has 0 rings (SSSR count). The molecule has 0 fully saturated rings. The van der Waals surface area contributed by atoms with Crippen molar-refractivity contribution < 1.29 is 9.53 Å². The maximum atomic E-state index is 11.4. The predicted octanol–water partition coefficient (Wildman–Crippen LogP) is 1.84. The largest absolute Gasteiger partial charge is 0.444 e. The summed E-state index contributed by atoms with van der Waals surface area (Å²) in [5.41, 5.74) is -0.482. The van der Waals surface area contributed by atoms with Gasteiger partial charge in [-0.25, -0.2) is 4.79 Å². The van der Waals surface area contributed by atoms with Gasteiger partial charge in [-0.3, -0.25) is 0 Å². The minimum absolute atomic E-state index is 0.144. The molecule has 0 heterocycles. The lowest BCUT2D eigenvalue weighted by Crippen LogP contribution is -2.43. The Bertz CT molecular complexity index is 244. The van der Waals surface area contributed by atoms with Gasteiger partial charge < -0.3 is 15.4 Å². The number of ether oxygens (including phenoxy) is 1. The van der Waals surface area contributed by atoms with E-state index in [4.69, 9.17) is 4.74 Å². The molecular weight excluding hydrogens is 204 g/mol. The summed E-state index contributed by atoms with van der Waals surface area (Å²) >= 11 is 0. The van der Waals surface area contributed by atoms with Gasteiger partial charge in [-0.2, -0.15) is 0 Å². The van der Waals surface area contributed by atoms with Gasteiger partial charge in [0.25, 0.3) is 0 Å². The summed E-state index contributed by atoms with van der Waals surface area (Å²) in [4.78, 5) is 11.4. The van der Waals surface area contributed by atoms with E-state index in [-0.39, 0.29) is 6.04 Å². The molecule has 0 saturated heterocycles. The molecule has 0 spiro atoms. The molecule has 0 aromatic heterocycles. The average Bonchev–Trinajstić information content (AvgIpc) is 2.13. The van der Waals surface area contributed by atoms with Crippen molar-refractivity contribution in [3.8, 4) is 0 Å². The zero-order chi connectivity index (χ0) is 12.6. The molecule has 0 saturated carbocycles. The van der Waals surface area contributed by atoms with Gasteiger partial charge in [-0.05, 0) is 20.8 Å². The highest BCUT2D eigenvalue weighted by molar-refractivity contribution is 5.68. The van der Waals surface area contributed by atoms with Gasteiger partial charge in [0.2, 0.25) is 0 Å². The van der Waals surface area contributed by atoms with Crippen molar-refractivity contribution in [3.05, 3.63) is 25.3 Å². The van der Waals surface area contributed by atoms with Crippen molar-refractivity contribution in [2.24, 2.45) is 0 Å². The van der Waals surface area contributed by atoms with Crippen LogP contribution in [-0.2, 0) is 4.74 Å². The van der Waals surface area contributed by atoms with Crippen LogP contribution in [-0.4, -0.2) is 30.8 Å². The SMILES string of the molecule is C=CCNC[C@H](C=C)NC(=O)OC(C)(C)C. The summed E-state index contributed by atoms with van der Waals surface area (Å²) in [5, 5.41) is 5.80. The van der Waals surface area contributed by atoms with Crippen LogP contribution in [0.1, 0.15) is 20.8 Å². The number of nitrogens with one attached hydrogen (secondary N) is 2. The van der Waals surface area contributed by atoms with Crippen molar-refractivity contribution in [1.82, 2.24) is 10.6 Å². The van der Waals surface area contributed by atoms with Crippen LogP contribution in [0.15, 0.2) is 25.3 Å². The molecule has 4 heteroatoms. The Labute approximate surface area is 97.7 Å². The van der Waals surface area contributed by atoms with Gasteiger partial charge in [0.05, 0.1) is 6.04 Å². The number of amides is 1. The molecule has 1 amide bonds. The van der Waals surface area contributed by atoms with E-state index >= 15 is 0 Å². The van der Waals surface area contributed by atoms with Gasteiger partial charge in [0.15, 0.2) is 0 Å². The van der Waals surface area contributed by atoms with Gasteiger partial charge in [-0.1, -0.05) is 12.2 Å². The Morgan fingerprint density at radius 1 is 1.44 bits per heavy atom. The Morgan fingerprint density at radius 2 is 2.06 bits per heavy atom. The molecule has 16 heavy (non-hydrogen) atoms. The van der Waals surface area contributed by atoms with Crippen LogP contribution in [0, 0.1) is 0 Å². The zero-order valence-corrected chi connectivity index (χ0v) is 10.4. The first-order valence-electron chi connectivity index (χ1n) is 5.32. The minimum Gasteiger partial charge on any atom is -0.444 e. The fraction of sp³-hybridized carbons (Fsp3) is 0.583. The number of hydrogen-bond acceptors (Lipinski definition) is 3. The highest BCUT2D eigenvalue weighted by Gasteiger charge is 2.17. The number of hydrogen-bond donors (Lipinski definition) is 2. The second-order valence-corrected chi connectivity index (χ2v) is 4.44. The van der Waals surface area contributed by atoms with E-state index in [1.54, 1.807) is 12.2 Å². The Morgan fingerprint density at radius 3 is 2.50 bits per heavy atom. The van der Waals surface area contributed by atoms with Gasteiger partial charge in [0.1, 0.15) is 5.60 Å². The van der Waals surface area contributed by atoms with Crippen LogP contribution in [0.5, 0.6) is 0 Å². The van der Waals surface area contributed by atoms with Gasteiger partial charge in [0, 0.05) is 13.1 Å². The first-order valence-corrected chi connectivity index (χ1v) is 5.32. The molecule has 92 valence electrons. The average molecular weight is 226 g/mol. The number of carbonyl (C=O) groups excluding carboxylic acids is 1. The van der Waals surface area contributed by atoms with E-state index in [2.05, 4.69) is 23.8 Å². The first-order chi connectivity index (χ1) is 7.39. The Balaban J connectivity index is 3.97. The van der Waals surface area contributed by atoms with Crippen LogP contribution >= 0.6 is 0 Å². The molecule has 2 N–H and O–H groups in total. The molecule has 0 bridgehead atoms. The lowest BCUT2D eigenvalue weighted by molar-refractivity contribution is 0.0514. The van der Waals surface area contributed by atoms with Gasteiger partial charge in [-0.15, -0.1) is 13.2 Å². The molecule has 4 nitrogen and oxygen atoms in total. The number of alkyl carbamates (subject to hydrolysis) is 1. The van der Waals surface area contributed by atoms with Crippen molar-refractivity contribution in [2.45, 2.75) is 32.4 Å². The smallest absolute Gasteiger partial charge is 0.408 e. The maximum absolute atomic E-state index is 11.4. The molecule has 1 atom stereocenters. The molecule has 0 aromatic rings. The van der Waals surface area contributed by atoms with Crippen LogP contribution in [0.2, 0.25) is 0 Å². The predicted molar refractivity (Wildman–Crippen MR) is 66.4 cm³/mol. The van der Waals surface area contributed by atoms with Crippen LogP contribution in [0.3, 0.4) is 0 Å². The second kappa shape index (κ2) is 7.06. The third kappa shape index (κ3) is 8.05. The van der Waals surface area contributed by atoms with Crippen LogP contribution in [0.4, 0.5) is 4.79 Å². The monoisotopic (exact) mass is 226 g/mol. The maximum Gasteiger partial charge on any atom is 0.408 e. The fourth-order valence-corrected chi connectivity index (χ4v) is 0.993. The summed E-state index contributed by atoms with van der Waals surface area (Å²) in [6.45, 7) is 14.0. The van der Waals surface area contributed by atoms with E-state index in [0.29, 0.717) is 13.1 Å². The summed E-state index contributed by atoms with van der Waals surface area (Å²) in [6, 6.07) is -0.144. The molecule has 0 aromatic carbocycles. The zero-order valence-electron chi connectivity index (χ0n) is 10.4. The van der Waals surface area contributed by atoms with E-state index in [1.807, 2.05) is 20.8 Å². The summed E-state index contributed by atoms with van der Waals surface area (Å²) < 4.78 is 5.13. The van der Waals surface area contributed by atoms with Gasteiger partial charge >= 0.3 is 6.09 Å². The molecule has 0 radical (unpaired) electrons. The summed E-state index contributed by atoms with van der Waals surface area (Å²) in [6.07, 6.45) is 2.99. The van der Waals surface area contributed by atoms with E-state index in [9.17, 15) is 4.79 Å². The Kier molecular flexibility index (Phi) is 6.49. The van der Waals surface area contributed by atoms with E-state index < -0.39 is 11.7 Å². The molecule has 0 unspecified atom stereocenters. The normalized spacial score (nSPS) is 12.7. The summed E-state index contributed by atoms with van der Waals surface area (Å²) in [7, 11) is 0. The second-order valence-electron chi connectivity index (χ2n) is 4.44. The van der Waals surface area contributed by atoms with Crippen LogP contribution < -0.4 is 10.6 Å². The third-order valence-corrected chi connectivity index (χ3v) is 1.64. The van der Waals surface area contributed by atoms with Crippen molar-refractivity contribution >= 4 is 6.09 Å². The Hall–Kier alpha value is -1.29. The van der Waals surface area contributed by atoms with Crippen molar-refractivity contribution in [1.29, 1.82) is 0 Å². The van der Waals surface area contributed by atoms with E-state index in [0.717, 1.165) is 0 Å². The summed E-state index contributed by atoms with van der Waals surface area (Å²) in [5.74, 6) is 0. The molecule has 0 aliphatic carbocycles. The van der Waals surface area contributed by atoms with Crippen molar-refractivity contribution in [2.75, 3.05) is 13.1 Å².